The number of ether oxygens (including phenoxy) is 2. The summed E-state index contributed by atoms with van der Waals surface area (Å²) in [6, 6.07) is 9.32. The minimum Gasteiger partial charge on any atom is -0.497 e. The zero-order valence-electron chi connectivity index (χ0n) is 16.8. The van der Waals surface area contributed by atoms with Gasteiger partial charge in [0.15, 0.2) is 5.96 Å². The molecule has 8 heteroatoms. The van der Waals surface area contributed by atoms with Crippen molar-refractivity contribution in [1.82, 2.24) is 15.2 Å². The number of aromatic nitrogens is 1. The first-order chi connectivity index (χ1) is 13.1. The molecule has 154 valence electrons. The van der Waals surface area contributed by atoms with Crippen LogP contribution in [-0.2, 0) is 6.54 Å². The van der Waals surface area contributed by atoms with Crippen molar-refractivity contribution in [3.8, 4) is 11.5 Å². The van der Waals surface area contributed by atoms with Crippen LogP contribution in [0.3, 0.4) is 0 Å². The molecule has 0 aliphatic carbocycles. The molecular formula is C20H29IN4O3. The highest BCUT2D eigenvalue weighted by Gasteiger charge is 2.13. The molecule has 1 heterocycles. The second-order valence-electron chi connectivity index (χ2n) is 6.02. The van der Waals surface area contributed by atoms with Gasteiger partial charge in [0.1, 0.15) is 11.5 Å². The minimum absolute atomic E-state index is 0. The molecule has 0 bridgehead atoms. The molecule has 0 amide bonds. The molecule has 2 N–H and O–H groups in total. The van der Waals surface area contributed by atoms with Gasteiger partial charge in [-0.2, -0.15) is 0 Å². The van der Waals surface area contributed by atoms with Crippen LogP contribution < -0.4 is 14.8 Å². The molecule has 0 radical (unpaired) electrons. The summed E-state index contributed by atoms with van der Waals surface area (Å²) in [5.74, 6) is 2.22. The maximum absolute atomic E-state index is 10.3. The number of pyridine rings is 1. The second kappa shape index (κ2) is 12.4. The van der Waals surface area contributed by atoms with Crippen molar-refractivity contribution in [2.24, 2.45) is 4.99 Å². The summed E-state index contributed by atoms with van der Waals surface area (Å²) < 4.78 is 10.7. The van der Waals surface area contributed by atoms with Gasteiger partial charge in [0, 0.05) is 44.2 Å². The Kier molecular flexibility index (Phi) is 10.6. The fourth-order valence-corrected chi connectivity index (χ4v) is 2.65. The van der Waals surface area contributed by atoms with Crippen molar-refractivity contribution in [2.45, 2.75) is 19.6 Å². The van der Waals surface area contributed by atoms with Crippen molar-refractivity contribution >= 4 is 29.9 Å². The van der Waals surface area contributed by atoms with Crippen molar-refractivity contribution in [3.63, 3.8) is 0 Å². The first-order valence-corrected chi connectivity index (χ1v) is 8.87. The second-order valence-corrected chi connectivity index (χ2v) is 6.02. The fourth-order valence-electron chi connectivity index (χ4n) is 2.65. The molecule has 0 saturated heterocycles. The van der Waals surface area contributed by atoms with E-state index in [9.17, 15) is 5.11 Å². The number of nitrogens with zero attached hydrogens (tertiary/aromatic N) is 3. The van der Waals surface area contributed by atoms with E-state index in [0.717, 1.165) is 29.2 Å². The highest BCUT2D eigenvalue weighted by atomic mass is 127. The summed E-state index contributed by atoms with van der Waals surface area (Å²) in [4.78, 5) is 10.5. The number of halogens is 1. The molecule has 2 rings (SSSR count). The quantitative estimate of drug-likeness (QED) is 0.330. The van der Waals surface area contributed by atoms with Gasteiger partial charge in [0.05, 0.1) is 26.9 Å². The third kappa shape index (κ3) is 6.83. The Bertz CT molecular complexity index is 743. The van der Waals surface area contributed by atoms with E-state index in [1.165, 1.54) is 0 Å². The smallest absolute Gasteiger partial charge is 0.194 e. The summed E-state index contributed by atoms with van der Waals surface area (Å²) in [6.07, 6.45) is 2.65. The number of rotatable bonds is 8. The molecule has 1 aromatic carbocycles. The standard InChI is InChI=1S/C20H28N4O3.HI/c1-5-22-20(23-13-18(25)15-8-10-21-11-9-15)24(2)14-16-6-7-17(26-3)12-19(16)27-4;/h6-12,18,25H,5,13-14H2,1-4H3,(H,22,23);1H. The number of aliphatic hydroxyl groups is 1. The lowest BCUT2D eigenvalue weighted by Crippen LogP contribution is -2.38. The topological polar surface area (TPSA) is 79.2 Å². The van der Waals surface area contributed by atoms with Gasteiger partial charge in [-0.05, 0) is 36.8 Å². The lowest BCUT2D eigenvalue weighted by molar-refractivity contribution is 0.186. The highest BCUT2D eigenvalue weighted by molar-refractivity contribution is 14.0. The molecule has 7 nitrogen and oxygen atoms in total. The van der Waals surface area contributed by atoms with Crippen LogP contribution in [0.15, 0.2) is 47.7 Å². The number of nitrogens with one attached hydrogen (secondary N) is 1. The first-order valence-electron chi connectivity index (χ1n) is 8.87. The van der Waals surface area contributed by atoms with E-state index >= 15 is 0 Å². The number of guanidine groups is 1. The first kappa shape index (κ1) is 24.0. The SMILES string of the molecule is CCNC(=NCC(O)c1ccncc1)N(C)Cc1ccc(OC)cc1OC.I. The van der Waals surface area contributed by atoms with Crippen LogP contribution in [0.2, 0.25) is 0 Å². The molecule has 2 aromatic rings. The zero-order valence-corrected chi connectivity index (χ0v) is 19.1. The Morgan fingerprint density at radius 3 is 2.54 bits per heavy atom. The summed E-state index contributed by atoms with van der Waals surface area (Å²) in [7, 11) is 5.22. The molecular weight excluding hydrogens is 471 g/mol. The van der Waals surface area contributed by atoms with Gasteiger partial charge in [-0.1, -0.05) is 0 Å². The lowest BCUT2D eigenvalue weighted by atomic mass is 10.1. The molecule has 0 spiro atoms. The van der Waals surface area contributed by atoms with E-state index in [-0.39, 0.29) is 30.5 Å². The maximum Gasteiger partial charge on any atom is 0.194 e. The average Bonchev–Trinajstić information content (AvgIpc) is 2.71. The van der Waals surface area contributed by atoms with Crippen LogP contribution in [0.4, 0.5) is 0 Å². The van der Waals surface area contributed by atoms with Gasteiger partial charge in [-0.25, -0.2) is 0 Å². The molecule has 1 aromatic heterocycles. The third-order valence-corrected chi connectivity index (χ3v) is 4.10. The monoisotopic (exact) mass is 500 g/mol. The Morgan fingerprint density at radius 1 is 1.21 bits per heavy atom. The average molecular weight is 500 g/mol. The lowest BCUT2D eigenvalue weighted by Gasteiger charge is -2.23. The van der Waals surface area contributed by atoms with Gasteiger partial charge >= 0.3 is 0 Å². The van der Waals surface area contributed by atoms with E-state index in [1.807, 2.05) is 37.1 Å². The molecule has 1 atom stereocenters. The van der Waals surface area contributed by atoms with Crippen LogP contribution >= 0.6 is 24.0 Å². The van der Waals surface area contributed by atoms with E-state index in [4.69, 9.17) is 9.47 Å². The van der Waals surface area contributed by atoms with E-state index < -0.39 is 6.10 Å². The number of hydrogen-bond donors (Lipinski definition) is 2. The molecule has 0 saturated carbocycles. The fraction of sp³-hybridized carbons (Fsp3) is 0.400. The highest BCUT2D eigenvalue weighted by Crippen LogP contribution is 2.25. The summed E-state index contributed by atoms with van der Waals surface area (Å²) in [6.45, 7) is 3.60. The van der Waals surface area contributed by atoms with Gasteiger partial charge in [0.2, 0.25) is 0 Å². The maximum atomic E-state index is 10.3. The Morgan fingerprint density at radius 2 is 1.93 bits per heavy atom. The van der Waals surface area contributed by atoms with Crippen LogP contribution in [0.5, 0.6) is 11.5 Å². The van der Waals surface area contributed by atoms with Crippen LogP contribution in [0.1, 0.15) is 24.2 Å². The zero-order chi connectivity index (χ0) is 19.6. The van der Waals surface area contributed by atoms with Gasteiger partial charge < -0.3 is 24.8 Å². The van der Waals surface area contributed by atoms with Gasteiger partial charge in [-0.3, -0.25) is 9.98 Å². The minimum atomic E-state index is -0.675. The molecule has 28 heavy (non-hydrogen) atoms. The molecule has 1 unspecified atom stereocenters. The molecule has 0 aliphatic heterocycles. The summed E-state index contributed by atoms with van der Waals surface area (Å²) in [5, 5.41) is 13.6. The molecule has 0 fully saturated rings. The van der Waals surface area contributed by atoms with Crippen molar-refractivity contribution in [2.75, 3.05) is 34.4 Å². The Labute approximate surface area is 183 Å². The Balaban J connectivity index is 0.00000392. The van der Waals surface area contributed by atoms with E-state index in [2.05, 4.69) is 15.3 Å². The van der Waals surface area contributed by atoms with E-state index in [0.29, 0.717) is 12.5 Å². The van der Waals surface area contributed by atoms with Crippen LogP contribution in [0.25, 0.3) is 0 Å². The predicted octanol–water partition coefficient (Wildman–Crippen LogP) is 2.85. The summed E-state index contributed by atoms with van der Waals surface area (Å²) >= 11 is 0. The number of aliphatic imine (C=N–C) groups is 1. The van der Waals surface area contributed by atoms with Crippen molar-refractivity contribution < 1.29 is 14.6 Å². The van der Waals surface area contributed by atoms with Crippen molar-refractivity contribution in [1.29, 1.82) is 0 Å². The number of benzene rings is 1. The van der Waals surface area contributed by atoms with Crippen LogP contribution in [0, 0.1) is 0 Å². The van der Waals surface area contributed by atoms with Gasteiger partial charge in [-0.15, -0.1) is 24.0 Å². The molecule has 0 aliphatic rings. The van der Waals surface area contributed by atoms with Crippen molar-refractivity contribution in [3.05, 3.63) is 53.9 Å². The summed E-state index contributed by atoms with van der Waals surface area (Å²) in [5.41, 5.74) is 1.81. The normalized spacial score (nSPS) is 12.0. The van der Waals surface area contributed by atoms with Gasteiger partial charge in [0.25, 0.3) is 0 Å². The number of methoxy groups -OCH3 is 2. The number of hydrogen-bond acceptors (Lipinski definition) is 5. The third-order valence-electron chi connectivity index (χ3n) is 4.10. The largest absolute Gasteiger partial charge is 0.497 e. The van der Waals surface area contributed by atoms with E-state index in [1.54, 1.807) is 38.7 Å². The Hall–Kier alpha value is -2.07. The number of aliphatic hydroxyl groups excluding tert-OH is 1. The predicted molar refractivity (Wildman–Crippen MR) is 122 cm³/mol. The van der Waals surface area contributed by atoms with Crippen LogP contribution in [-0.4, -0.2) is 55.3 Å².